The van der Waals surface area contributed by atoms with Crippen molar-refractivity contribution in [2.45, 2.75) is 38.8 Å². The largest absolute Gasteiger partial charge is 0.370 e. The summed E-state index contributed by atoms with van der Waals surface area (Å²) in [6, 6.07) is 0.753. The molecule has 0 spiro atoms. The van der Waals surface area contributed by atoms with E-state index in [2.05, 4.69) is 22.2 Å². The number of hydrogen-bond donors (Lipinski definition) is 1. The SMILES string of the molecule is CCNc1nc(CN2CC3CCC2C3)nc2c1cnn2C. The quantitative estimate of drug-likeness (QED) is 0.928. The Bertz CT molecular complexity index is 663. The van der Waals surface area contributed by atoms with Gasteiger partial charge in [-0.3, -0.25) is 9.58 Å². The molecule has 4 rings (SSSR count). The third kappa shape index (κ3) is 2.18. The number of anilines is 1. The lowest BCUT2D eigenvalue weighted by Gasteiger charge is -2.25. The smallest absolute Gasteiger partial charge is 0.163 e. The number of rotatable bonds is 4. The summed E-state index contributed by atoms with van der Waals surface area (Å²) in [4.78, 5) is 12.0. The second-order valence-corrected chi connectivity index (χ2v) is 6.29. The molecule has 1 saturated heterocycles. The fourth-order valence-corrected chi connectivity index (χ4v) is 3.84. The van der Waals surface area contributed by atoms with Crippen LogP contribution < -0.4 is 5.32 Å². The van der Waals surface area contributed by atoms with Gasteiger partial charge in [-0.25, -0.2) is 9.97 Å². The van der Waals surface area contributed by atoms with E-state index in [1.54, 1.807) is 0 Å². The molecule has 2 unspecified atom stereocenters. The molecule has 2 bridgehead atoms. The summed E-state index contributed by atoms with van der Waals surface area (Å²) in [7, 11) is 1.94. The number of aryl methyl sites for hydroxylation is 1. The summed E-state index contributed by atoms with van der Waals surface area (Å²) in [6.07, 6.45) is 5.97. The van der Waals surface area contributed by atoms with Crippen molar-refractivity contribution in [2.75, 3.05) is 18.4 Å². The molecule has 0 aromatic carbocycles. The van der Waals surface area contributed by atoms with Gasteiger partial charge in [0.15, 0.2) is 5.65 Å². The fraction of sp³-hybridized carbons (Fsp3) is 0.667. The van der Waals surface area contributed by atoms with E-state index in [0.29, 0.717) is 0 Å². The highest BCUT2D eigenvalue weighted by molar-refractivity contribution is 5.86. The second kappa shape index (κ2) is 4.94. The lowest BCUT2D eigenvalue weighted by atomic mass is 10.1. The minimum Gasteiger partial charge on any atom is -0.370 e. The molecule has 1 aliphatic heterocycles. The van der Waals surface area contributed by atoms with E-state index >= 15 is 0 Å². The Kier molecular flexibility index (Phi) is 3.06. The molecule has 1 saturated carbocycles. The van der Waals surface area contributed by atoms with Gasteiger partial charge < -0.3 is 5.32 Å². The van der Waals surface area contributed by atoms with Crippen LogP contribution in [-0.2, 0) is 13.6 Å². The van der Waals surface area contributed by atoms with E-state index in [4.69, 9.17) is 9.97 Å². The molecule has 2 aromatic rings. The number of piperidine rings is 1. The molecule has 112 valence electrons. The lowest BCUT2D eigenvalue weighted by molar-refractivity contribution is 0.201. The summed E-state index contributed by atoms with van der Waals surface area (Å²) in [5.74, 6) is 2.73. The van der Waals surface area contributed by atoms with Crippen molar-refractivity contribution in [1.82, 2.24) is 24.6 Å². The standard InChI is InChI=1S/C15H22N6/c1-3-16-14-12-7-17-20(2)15(12)19-13(18-14)9-21-8-10-4-5-11(21)6-10/h7,10-11H,3-6,8-9H2,1-2H3,(H,16,18,19). The minimum absolute atomic E-state index is 0.753. The monoisotopic (exact) mass is 286 g/mol. The lowest BCUT2D eigenvalue weighted by Crippen LogP contribution is -2.32. The van der Waals surface area contributed by atoms with E-state index in [1.807, 2.05) is 17.9 Å². The van der Waals surface area contributed by atoms with Crippen molar-refractivity contribution in [3.63, 3.8) is 0 Å². The van der Waals surface area contributed by atoms with Crippen molar-refractivity contribution >= 4 is 16.9 Å². The van der Waals surface area contributed by atoms with Gasteiger partial charge in [0.25, 0.3) is 0 Å². The normalized spacial score (nSPS) is 25.0. The van der Waals surface area contributed by atoms with Crippen molar-refractivity contribution in [3.8, 4) is 0 Å². The van der Waals surface area contributed by atoms with Crippen LogP contribution in [-0.4, -0.2) is 43.8 Å². The Labute approximate surface area is 124 Å². The van der Waals surface area contributed by atoms with Crippen LogP contribution in [0, 0.1) is 5.92 Å². The Morgan fingerprint density at radius 3 is 2.95 bits per heavy atom. The predicted octanol–water partition coefficient (Wildman–Crippen LogP) is 1.78. The molecule has 6 nitrogen and oxygen atoms in total. The van der Waals surface area contributed by atoms with Crippen LogP contribution in [0.4, 0.5) is 5.82 Å². The third-order valence-corrected chi connectivity index (χ3v) is 4.85. The van der Waals surface area contributed by atoms with Crippen molar-refractivity contribution in [2.24, 2.45) is 13.0 Å². The molecule has 2 fully saturated rings. The molecule has 6 heteroatoms. The number of aromatic nitrogens is 4. The molecule has 1 N–H and O–H groups in total. The highest BCUT2D eigenvalue weighted by Gasteiger charge is 2.37. The summed E-state index contributed by atoms with van der Waals surface area (Å²) in [5, 5.41) is 8.66. The van der Waals surface area contributed by atoms with E-state index in [9.17, 15) is 0 Å². The van der Waals surface area contributed by atoms with Gasteiger partial charge >= 0.3 is 0 Å². The zero-order valence-electron chi connectivity index (χ0n) is 12.7. The average Bonchev–Trinajstić information content (AvgIpc) is 3.16. The summed E-state index contributed by atoms with van der Waals surface area (Å²) >= 11 is 0. The highest BCUT2D eigenvalue weighted by Crippen LogP contribution is 2.38. The van der Waals surface area contributed by atoms with Crippen molar-refractivity contribution in [3.05, 3.63) is 12.0 Å². The van der Waals surface area contributed by atoms with Crippen LogP contribution >= 0.6 is 0 Å². The number of hydrogen-bond acceptors (Lipinski definition) is 5. The van der Waals surface area contributed by atoms with Gasteiger partial charge in [-0.05, 0) is 32.1 Å². The molecule has 21 heavy (non-hydrogen) atoms. The molecule has 0 radical (unpaired) electrons. The van der Waals surface area contributed by atoms with Crippen LogP contribution in [0.5, 0.6) is 0 Å². The Balaban J connectivity index is 1.66. The highest BCUT2D eigenvalue weighted by atomic mass is 15.3. The average molecular weight is 286 g/mol. The van der Waals surface area contributed by atoms with E-state index in [1.165, 1.54) is 25.8 Å². The topological polar surface area (TPSA) is 58.9 Å². The van der Waals surface area contributed by atoms with Crippen LogP contribution in [0.25, 0.3) is 11.0 Å². The zero-order chi connectivity index (χ0) is 14.4. The Hall–Kier alpha value is -1.69. The Morgan fingerprint density at radius 2 is 2.24 bits per heavy atom. The minimum atomic E-state index is 0.753. The maximum atomic E-state index is 4.73. The van der Waals surface area contributed by atoms with E-state index in [0.717, 1.165) is 47.7 Å². The van der Waals surface area contributed by atoms with Gasteiger partial charge in [0.2, 0.25) is 0 Å². The Morgan fingerprint density at radius 1 is 1.33 bits per heavy atom. The van der Waals surface area contributed by atoms with Crippen molar-refractivity contribution < 1.29 is 0 Å². The second-order valence-electron chi connectivity index (χ2n) is 6.29. The molecule has 3 heterocycles. The van der Waals surface area contributed by atoms with Crippen molar-refractivity contribution in [1.29, 1.82) is 0 Å². The fourth-order valence-electron chi connectivity index (χ4n) is 3.84. The maximum absolute atomic E-state index is 4.73. The first-order valence-electron chi connectivity index (χ1n) is 7.91. The van der Waals surface area contributed by atoms with E-state index in [-0.39, 0.29) is 0 Å². The van der Waals surface area contributed by atoms with Gasteiger partial charge in [0.1, 0.15) is 11.6 Å². The van der Waals surface area contributed by atoms with Gasteiger partial charge in [0.05, 0.1) is 18.1 Å². The van der Waals surface area contributed by atoms with Crippen LogP contribution in [0.3, 0.4) is 0 Å². The number of nitrogens with one attached hydrogen (secondary N) is 1. The van der Waals surface area contributed by atoms with Gasteiger partial charge in [-0.2, -0.15) is 5.10 Å². The molecule has 2 atom stereocenters. The first-order valence-corrected chi connectivity index (χ1v) is 7.91. The summed E-state index contributed by atoms with van der Waals surface area (Å²) in [5.41, 5.74) is 0.917. The van der Waals surface area contributed by atoms with Gasteiger partial charge in [0, 0.05) is 26.2 Å². The third-order valence-electron chi connectivity index (χ3n) is 4.85. The molecular formula is C15H22N6. The van der Waals surface area contributed by atoms with E-state index < -0.39 is 0 Å². The van der Waals surface area contributed by atoms with Crippen LogP contribution in [0.15, 0.2) is 6.20 Å². The molecule has 0 amide bonds. The van der Waals surface area contributed by atoms with Gasteiger partial charge in [-0.15, -0.1) is 0 Å². The molecule has 2 aromatic heterocycles. The number of fused-ring (bicyclic) bond motifs is 3. The van der Waals surface area contributed by atoms with Crippen LogP contribution in [0.2, 0.25) is 0 Å². The summed E-state index contributed by atoms with van der Waals surface area (Å²) in [6.45, 7) is 5.02. The first-order chi connectivity index (χ1) is 10.2. The maximum Gasteiger partial charge on any atom is 0.163 e. The summed E-state index contributed by atoms with van der Waals surface area (Å²) < 4.78 is 1.83. The first kappa shape index (κ1) is 13.0. The van der Waals surface area contributed by atoms with Gasteiger partial charge in [-0.1, -0.05) is 0 Å². The zero-order valence-corrected chi connectivity index (χ0v) is 12.7. The molecule has 1 aliphatic carbocycles. The van der Waals surface area contributed by atoms with Crippen LogP contribution in [0.1, 0.15) is 32.0 Å². The molecular weight excluding hydrogens is 264 g/mol. The number of likely N-dealkylation sites (tertiary alicyclic amines) is 1. The molecule has 2 aliphatic rings. The number of nitrogens with zero attached hydrogens (tertiary/aromatic N) is 5. The predicted molar refractivity (Wildman–Crippen MR) is 82.0 cm³/mol.